The van der Waals surface area contributed by atoms with Crippen molar-refractivity contribution < 1.29 is 14.3 Å². The lowest BCUT2D eigenvalue weighted by Gasteiger charge is -2.30. The molecule has 7 heteroatoms. The third-order valence-corrected chi connectivity index (χ3v) is 3.82. The van der Waals surface area contributed by atoms with Gasteiger partial charge in [0, 0.05) is 17.8 Å². The molecule has 2 aromatic rings. The van der Waals surface area contributed by atoms with Gasteiger partial charge in [-0.1, -0.05) is 50.0 Å². The minimum Gasteiger partial charge on any atom is -0.487 e. The van der Waals surface area contributed by atoms with Gasteiger partial charge in [0.15, 0.2) is 5.75 Å². The third kappa shape index (κ3) is 4.62. The number of carbonyl (C=O) groups excluding carboxylic acids is 1. The topological polar surface area (TPSA) is 53.4 Å². The van der Waals surface area contributed by atoms with Crippen LogP contribution >= 0.6 is 23.2 Å². The summed E-state index contributed by atoms with van der Waals surface area (Å²) in [6.07, 6.45) is 3.40. The van der Waals surface area contributed by atoms with Gasteiger partial charge in [-0.25, -0.2) is 14.3 Å². The molecule has 0 saturated heterocycles. The van der Waals surface area contributed by atoms with E-state index in [2.05, 4.69) is 4.98 Å². The van der Waals surface area contributed by atoms with Crippen LogP contribution in [0.3, 0.4) is 0 Å². The third-order valence-electron chi connectivity index (χ3n) is 3.22. The summed E-state index contributed by atoms with van der Waals surface area (Å²) in [7, 11) is 0. The van der Waals surface area contributed by atoms with E-state index in [1.807, 2.05) is 20.8 Å². The predicted octanol–water partition coefficient (Wildman–Crippen LogP) is 4.67. The Labute approximate surface area is 145 Å². The fraction of sp³-hybridized carbons (Fsp3) is 0.375. The number of carbonyl (C=O) groups is 1. The van der Waals surface area contributed by atoms with Gasteiger partial charge in [-0.2, -0.15) is 0 Å². The fourth-order valence-electron chi connectivity index (χ4n) is 1.79. The highest BCUT2D eigenvalue weighted by Gasteiger charge is 2.30. The molecule has 1 unspecified atom stereocenters. The zero-order valence-electron chi connectivity index (χ0n) is 13.1. The zero-order chi connectivity index (χ0) is 17.0. The molecule has 23 heavy (non-hydrogen) atoms. The molecule has 0 radical (unpaired) electrons. The Morgan fingerprint density at radius 3 is 2.48 bits per heavy atom. The average molecular weight is 357 g/mol. The zero-order valence-corrected chi connectivity index (χ0v) is 14.6. The van der Waals surface area contributed by atoms with Crippen LogP contribution in [0, 0.1) is 5.41 Å². The molecule has 5 nitrogen and oxygen atoms in total. The summed E-state index contributed by atoms with van der Waals surface area (Å²) < 4.78 is 12.5. The Hall–Kier alpha value is -1.72. The quantitative estimate of drug-likeness (QED) is 0.798. The van der Waals surface area contributed by atoms with Gasteiger partial charge in [0.2, 0.25) is 0 Å². The molecule has 0 aliphatic rings. The molecule has 0 fully saturated rings. The molecule has 0 saturated carbocycles. The van der Waals surface area contributed by atoms with Gasteiger partial charge in [-0.3, -0.25) is 0 Å². The van der Waals surface area contributed by atoms with Crippen molar-refractivity contribution in [3.8, 4) is 5.75 Å². The molecule has 1 aromatic heterocycles. The predicted molar refractivity (Wildman–Crippen MR) is 89.3 cm³/mol. The molecule has 124 valence electrons. The summed E-state index contributed by atoms with van der Waals surface area (Å²) in [5.41, 5.74) is -0.329. The number of halogens is 2. The molecule has 0 bridgehead atoms. The van der Waals surface area contributed by atoms with Crippen molar-refractivity contribution in [3.63, 3.8) is 0 Å². The summed E-state index contributed by atoms with van der Waals surface area (Å²) in [4.78, 5) is 15.9. The van der Waals surface area contributed by atoms with Crippen molar-refractivity contribution in [2.45, 2.75) is 26.9 Å². The number of hydrogen-bond donors (Lipinski definition) is 0. The molecular formula is C16H18Cl2N2O3. The number of para-hydroxylation sites is 1. The largest absolute Gasteiger partial charge is 0.487 e. The minimum absolute atomic E-state index is 0.132. The van der Waals surface area contributed by atoms with Crippen LogP contribution in [0.1, 0.15) is 20.8 Å². The molecule has 0 N–H and O–H groups in total. The number of benzene rings is 1. The van der Waals surface area contributed by atoms with Crippen molar-refractivity contribution in [2.75, 3.05) is 6.61 Å². The lowest BCUT2D eigenvalue weighted by atomic mass is 9.89. The molecule has 0 aliphatic carbocycles. The van der Waals surface area contributed by atoms with E-state index in [4.69, 9.17) is 32.7 Å². The normalized spacial score (nSPS) is 12.7. The van der Waals surface area contributed by atoms with E-state index in [9.17, 15) is 4.79 Å². The minimum atomic E-state index is -0.517. The smallest absolute Gasteiger partial charge is 0.419 e. The molecule has 1 atom stereocenters. The van der Waals surface area contributed by atoms with Crippen LogP contribution in [0.2, 0.25) is 10.0 Å². The van der Waals surface area contributed by atoms with Crippen LogP contribution in [-0.2, 0) is 4.74 Å². The van der Waals surface area contributed by atoms with Crippen LogP contribution in [0.15, 0.2) is 36.9 Å². The highest BCUT2D eigenvalue weighted by molar-refractivity contribution is 6.37. The van der Waals surface area contributed by atoms with Crippen molar-refractivity contribution in [2.24, 2.45) is 5.41 Å². The molecule has 0 aliphatic heterocycles. The number of ether oxygens (including phenoxy) is 2. The van der Waals surface area contributed by atoms with Gasteiger partial charge in [0.1, 0.15) is 19.0 Å². The lowest BCUT2D eigenvalue weighted by Crippen LogP contribution is -2.37. The van der Waals surface area contributed by atoms with Crippen molar-refractivity contribution in [1.29, 1.82) is 0 Å². The van der Waals surface area contributed by atoms with Crippen molar-refractivity contribution >= 4 is 29.3 Å². The van der Waals surface area contributed by atoms with Gasteiger partial charge in [0.05, 0.1) is 10.0 Å². The Morgan fingerprint density at radius 2 is 1.96 bits per heavy atom. The summed E-state index contributed by atoms with van der Waals surface area (Å²) in [5.74, 6) is 0.378. The first kappa shape index (κ1) is 17.6. The Balaban J connectivity index is 2.09. The first-order chi connectivity index (χ1) is 10.8. The standard InChI is InChI=1S/C16H18Cl2N2O3/c1-16(2,3)13(23-15(21)20-8-7-19-10-20)9-22-14-11(17)5-4-6-12(14)18/h4-8,10,13H,9H2,1-3H3. The van der Waals surface area contributed by atoms with Crippen molar-refractivity contribution in [1.82, 2.24) is 9.55 Å². The highest BCUT2D eigenvalue weighted by Crippen LogP contribution is 2.33. The number of aromatic nitrogens is 2. The summed E-state index contributed by atoms with van der Waals surface area (Å²) in [5, 5.41) is 0.817. The molecular weight excluding hydrogens is 339 g/mol. The van der Waals surface area contributed by atoms with Crippen molar-refractivity contribution in [3.05, 3.63) is 47.0 Å². The van der Waals surface area contributed by atoms with Crippen LogP contribution in [0.25, 0.3) is 0 Å². The second-order valence-corrected chi connectivity index (χ2v) is 6.88. The summed E-state index contributed by atoms with van der Waals surface area (Å²) >= 11 is 12.2. The van der Waals surface area contributed by atoms with Crippen LogP contribution < -0.4 is 4.74 Å². The maximum absolute atomic E-state index is 12.1. The summed E-state index contributed by atoms with van der Waals surface area (Å²) in [6.45, 7) is 6.00. The lowest BCUT2D eigenvalue weighted by molar-refractivity contribution is 0.00215. The Bertz CT molecular complexity index is 646. The van der Waals surface area contributed by atoms with Crippen LogP contribution in [-0.4, -0.2) is 28.4 Å². The molecule has 2 rings (SSSR count). The number of rotatable bonds is 4. The first-order valence-corrected chi connectivity index (χ1v) is 7.80. The van der Waals surface area contributed by atoms with E-state index in [-0.39, 0.29) is 12.0 Å². The molecule has 0 amide bonds. The summed E-state index contributed by atoms with van der Waals surface area (Å²) in [6, 6.07) is 5.11. The van der Waals surface area contributed by atoms with Gasteiger partial charge < -0.3 is 9.47 Å². The maximum atomic E-state index is 12.1. The number of hydrogen-bond acceptors (Lipinski definition) is 4. The van der Waals surface area contributed by atoms with E-state index in [1.54, 1.807) is 18.2 Å². The van der Waals surface area contributed by atoms with E-state index in [0.717, 1.165) is 0 Å². The van der Waals surface area contributed by atoms with Gasteiger partial charge >= 0.3 is 6.09 Å². The maximum Gasteiger partial charge on any atom is 0.419 e. The van der Waals surface area contributed by atoms with Crippen LogP contribution in [0.5, 0.6) is 5.75 Å². The number of imidazole rings is 1. The van der Waals surface area contributed by atoms with E-state index in [0.29, 0.717) is 15.8 Å². The Morgan fingerprint density at radius 1 is 1.30 bits per heavy atom. The fourth-order valence-corrected chi connectivity index (χ4v) is 2.30. The molecule has 1 heterocycles. The van der Waals surface area contributed by atoms with Crippen LogP contribution in [0.4, 0.5) is 4.79 Å². The second-order valence-electron chi connectivity index (χ2n) is 6.07. The molecule has 0 spiro atoms. The number of nitrogens with zero attached hydrogens (tertiary/aromatic N) is 2. The van der Waals surface area contributed by atoms with E-state index >= 15 is 0 Å². The first-order valence-electron chi connectivity index (χ1n) is 7.05. The van der Waals surface area contributed by atoms with Gasteiger partial charge in [0.25, 0.3) is 0 Å². The van der Waals surface area contributed by atoms with E-state index < -0.39 is 12.2 Å². The molecule has 1 aromatic carbocycles. The second kappa shape index (κ2) is 7.23. The van der Waals surface area contributed by atoms with E-state index in [1.165, 1.54) is 23.3 Å². The SMILES string of the molecule is CC(C)(C)C(COc1c(Cl)cccc1Cl)OC(=O)n1ccnc1. The van der Waals surface area contributed by atoms with Gasteiger partial charge in [-0.15, -0.1) is 0 Å². The Kier molecular flexibility index (Phi) is 5.55. The van der Waals surface area contributed by atoms with Gasteiger partial charge in [-0.05, 0) is 12.1 Å². The monoisotopic (exact) mass is 356 g/mol. The average Bonchev–Trinajstić information content (AvgIpc) is 2.98. The highest BCUT2D eigenvalue weighted by atomic mass is 35.5.